The second-order valence-electron chi connectivity index (χ2n) is 3.60. The SMILES string of the molecule is CSc1ccccc1C(=O)c1cc(C)c(Br)s1. The first-order valence-electron chi connectivity index (χ1n) is 5.07. The average molecular weight is 327 g/mol. The number of halogens is 1. The summed E-state index contributed by atoms with van der Waals surface area (Å²) in [7, 11) is 0. The molecule has 88 valence electrons. The fourth-order valence-corrected chi connectivity index (χ4v) is 3.62. The molecule has 17 heavy (non-hydrogen) atoms. The molecule has 0 amide bonds. The molecule has 1 heterocycles. The van der Waals surface area contributed by atoms with E-state index < -0.39 is 0 Å². The fraction of sp³-hybridized carbons (Fsp3) is 0.154. The summed E-state index contributed by atoms with van der Waals surface area (Å²) in [5.41, 5.74) is 1.90. The van der Waals surface area contributed by atoms with Crippen molar-refractivity contribution in [1.29, 1.82) is 0 Å². The van der Waals surface area contributed by atoms with Gasteiger partial charge in [0.15, 0.2) is 0 Å². The van der Waals surface area contributed by atoms with E-state index in [0.29, 0.717) is 0 Å². The predicted molar refractivity (Wildman–Crippen MR) is 78.4 cm³/mol. The van der Waals surface area contributed by atoms with Crippen molar-refractivity contribution in [2.45, 2.75) is 11.8 Å². The Morgan fingerprint density at radius 2 is 2.06 bits per heavy atom. The van der Waals surface area contributed by atoms with Crippen LogP contribution in [0.4, 0.5) is 0 Å². The molecule has 0 radical (unpaired) electrons. The molecule has 1 nitrogen and oxygen atoms in total. The van der Waals surface area contributed by atoms with E-state index in [4.69, 9.17) is 0 Å². The molecule has 2 rings (SSSR count). The van der Waals surface area contributed by atoms with Gasteiger partial charge in [0.1, 0.15) is 0 Å². The molecule has 0 aliphatic heterocycles. The van der Waals surface area contributed by atoms with Gasteiger partial charge in [-0.1, -0.05) is 12.1 Å². The molecule has 2 aromatic rings. The number of thiophene rings is 1. The molecular weight excluding hydrogens is 316 g/mol. The minimum absolute atomic E-state index is 0.105. The lowest BCUT2D eigenvalue weighted by molar-refractivity contribution is 0.104. The van der Waals surface area contributed by atoms with E-state index in [-0.39, 0.29) is 5.78 Å². The Morgan fingerprint density at radius 3 is 2.65 bits per heavy atom. The van der Waals surface area contributed by atoms with E-state index in [2.05, 4.69) is 15.9 Å². The van der Waals surface area contributed by atoms with Crippen molar-refractivity contribution < 1.29 is 4.79 Å². The van der Waals surface area contributed by atoms with Crippen molar-refractivity contribution >= 4 is 44.8 Å². The summed E-state index contributed by atoms with van der Waals surface area (Å²) in [6, 6.07) is 9.67. The van der Waals surface area contributed by atoms with Crippen LogP contribution < -0.4 is 0 Å². The Kier molecular flexibility index (Phi) is 4.07. The van der Waals surface area contributed by atoms with Gasteiger partial charge < -0.3 is 0 Å². The van der Waals surface area contributed by atoms with Crippen LogP contribution >= 0.6 is 39.0 Å². The number of benzene rings is 1. The monoisotopic (exact) mass is 326 g/mol. The van der Waals surface area contributed by atoms with Gasteiger partial charge >= 0.3 is 0 Å². The Hall–Kier alpha value is -0.580. The van der Waals surface area contributed by atoms with Crippen LogP contribution in [0.1, 0.15) is 20.8 Å². The van der Waals surface area contributed by atoms with Crippen molar-refractivity contribution in [3.63, 3.8) is 0 Å². The number of hydrogen-bond donors (Lipinski definition) is 0. The van der Waals surface area contributed by atoms with E-state index in [0.717, 1.165) is 24.7 Å². The van der Waals surface area contributed by atoms with Gasteiger partial charge in [0, 0.05) is 10.5 Å². The third-order valence-corrected chi connectivity index (χ3v) is 5.36. The van der Waals surface area contributed by atoms with Crippen molar-refractivity contribution in [3.8, 4) is 0 Å². The smallest absolute Gasteiger partial charge is 0.204 e. The zero-order valence-electron chi connectivity index (χ0n) is 9.49. The number of carbonyl (C=O) groups excluding carboxylic acids is 1. The average Bonchev–Trinajstić information content (AvgIpc) is 2.68. The number of carbonyl (C=O) groups is 1. The van der Waals surface area contributed by atoms with Gasteiger partial charge in [-0.3, -0.25) is 4.79 Å². The molecule has 0 aliphatic carbocycles. The summed E-state index contributed by atoms with van der Waals surface area (Å²) >= 11 is 6.55. The molecule has 0 aliphatic rings. The Morgan fingerprint density at radius 1 is 1.35 bits per heavy atom. The maximum atomic E-state index is 12.4. The Bertz CT molecular complexity index is 541. The highest BCUT2D eigenvalue weighted by molar-refractivity contribution is 9.11. The molecule has 0 spiro atoms. The summed E-state index contributed by atoms with van der Waals surface area (Å²) in [5, 5.41) is 0. The van der Waals surface area contributed by atoms with Crippen LogP contribution in [0.25, 0.3) is 0 Å². The Labute approximate surface area is 117 Å². The van der Waals surface area contributed by atoms with Crippen molar-refractivity contribution in [1.82, 2.24) is 0 Å². The molecular formula is C13H11BrOS2. The quantitative estimate of drug-likeness (QED) is 0.596. The summed E-state index contributed by atoms with van der Waals surface area (Å²) in [6.45, 7) is 2.00. The minimum Gasteiger partial charge on any atom is -0.288 e. The second-order valence-corrected chi connectivity index (χ2v) is 6.81. The van der Waals surface area contributed by atoms with Crippen LogP contribution in [-0.2, 0) is 0 Å². The maximum absolute atomic E-state index is 12.4. The van der Waals surface area contributed by atoms with Crippen molar-refractivity contribution in [2.75, 3.05) is 6.26 Å². The van der Waals surface area contributed by atoms with E-state index in [1.54, 1.807) is 11.8 Å². The lowest BCUT2D eigenvalue weighted by atomic mass is 10.1. The first-order chi connectivity index (χ1) is 8.13. The standard InChI is InChI=1S/C13H11BrOS2/c1-8-7-11(17-13(8)14)12(15)9-5-3-4-6-10(9)16-2/h3-7H,1-2H3. The third-order valence-electron chi connectivity index (χ3n) is 2.43. The number of aryl methyl sites for hydroxylation is 1. The molecule has 0 atom stereocenters. The zero-order valence-corrected chi connectivity index (χ0v) is 12.7. The van der Waals surface area contributed by atoms with E-state index >= 15 is 0 Å². The summed E-state index contributed by atoms with van der Waals surface area (Å²) in [6.07, 6.45) is 1.99. The normalized spacial score (nSPS) is 10.5. The van der Waals surface area contributed by atoms with Gasteiger partial charge in [-0.15, -0.1) is 23.1 Å². The van der Waals surface area contributed by atoms with Gasteiger partial charge in [0.2, 0.25) is 5.78 Å². The van der Waals surface area contributed by atoms with Gasteiger partial charge in [-0.25, -0.2) is 0 Å². The minimum atomic E-state index is 0.105. The first kappa shape index (κ1) is 12.9. The third kappa shape index (κ3) is 2.64. The number of hydrogen-bond acceptors (Lipinski definition) is 3. The van der Waals surface area contributed by atoms with Crippen LogP contribution in [-0.4, -0.2) is 12.0 Å². The first-order valence-corrected chi connectivity index (χ1v) is 7.90. The molecule has 0 N–H and O–H groups in total. The lowest BCUT2D eigenvalue weighted by Crippen LogP contribution is -2.00. The summed E-state index contributed by atoms with van der Waals surface area (Å²) in [5.74, 6) is 0.105. The van der Waals surface area contributed by atoms with E-state index in [9.17, 15) is 4.79 Å². The largest absolute Gasteiger partial charge is 0.288 e. The summed E-state index contributed by atoms with van der Waals surface area (Å²) in [4.78, 5) is 14.2. The second kappa shape index (κ2) is 5.38. The number of thioether (sulfide) groups is 1. The van der Waals surface area contributed by atoms with Gasteiger partial charge in [-0.05, 0) is 52.9 Å². The van der Waals surface area contributed by atoms with Crippen molar-refractivity contribution in [2.24, 2.45) is 0 Å². The highest BCUT2D eigenvalue weighted by Crippen LogP contribution is 2.31. The van der Waals surface area contributed by atoms with Crippen LogP contribution in [0.15, 0.2) is 39.0 Å². The van der Waals surface area contributed by atoms with E-state index in [1.807, 2.05) is 43.5 Å². The zero-order chi connectivity index (χ0) is 12.4. The Balaban J connectivity index is 2.43. The lowest BCUT2D eigenvalue weighted by Gasteiger charge is -2.03. The predicted octanol–water partition coefficient (Wildman–Crippen LogP) is 4.77. The van der Waals surface area contributed by atoms with E-state index in [1.165, 1.54) is 11.3 Å². The highest BCUT2D eigenvalue weighted by atomic mass is 79.9. The molecule has 0 bridgehead atoms. The molecule has 0 unspecified atom stereocenters. The molecule has 4 heteroatoms. The number of ketones is 1. The highest BCUT2D eigenvalue weighted by Gasteiger charge is 2.16. The van der Waals surface area contributed by atoms with Crippen LogP contribution in [0, 0.1) is 6.92 Å². The topological polar surface area (TPSA) is 17.1 Å². The van der Waals surface area contributed by atoms with Crippen LogP contribution in [0.5, 0.6) is 0 Å². The molecule has 1 aromatic heterocycles. The fourth-order valence-electron chi connectivity index (χ4n) is 1.54. The summed E-state index contributed by atoms with van der Waals surface area (Å²) < 4.78 is 1.03. The number of rotatable bonds is 3. The maximum Gasteiger partial charge on any atom is 0.204 e. The van der Waals surface area contributed by atoms with Gasteiger partial charge in [-0.2, -0.15) is 0 Å². The van der Waals surface area contributed by atoms with Crippen molar-refractivity contribution in [3.05, 3.63) is 50.1 Å². The molecule has 0 saturated carbocycles. The van der Waals surface area contributed by atoms with Gasteiger partial charge in [0.05, 0.1) is 8.66 Å². The van der Waals surface area contributed by atoms with Crippen LogP contribution in [0.2, 0.25) is 0 Å². The molecule has 0 fully saturated rings. The molecule has 0 saturated heterocycles. The van der Waals surface area contributed by atoms with Gasteiger partial charge in [0.25, 0.3) is 0 Å². The van der Waals surface area contributed by atoms with Crippen LogP contribution in [0.3, 0.4) is 0 Å². The molecule has 1 aromatic carbocycles.